The number of hydrogen-bond acceptors (Lipinski definition) is 4. The third-order valence-electron chi connectivity index (χ3n) is 3.56. The summed E-state index contributed by atoms with van der Waals surface area (Å²) < 4.78 is 25.4. The zero-order valence-corrected chi connectivity index (χ0v) is 11.1. The number of aldehydes is 1. The van der Waals surface area contributed by atoms with Crippen molar-refractivity contribution in [3.05, 3.63) is 35.8 Å². The molecule has 2 aromatic rings. The highest BCUT2D eigenvalue weighted by Crippen LogP contribution is 2.23. The third-order valence-corrected chi connectivity index (χ3v) is 5.84. The normalized spacial score (nSPS) is 21.8. The molecule has 6 heteroatoms. The average Bonchev–Trinajstić information content (AvgIpc) is 2.92. The Hall–Kier alpha value is -1.69. The summed E-state index contributed by atoms with van der Waals surface area (Å²) in [7, 11) is -2.94. The molecule has 3 rings (SSSR count). The Labute approximate surface area is 111 Å². The van der Waals surface area contributed by atoms with Gasteiger partial charge in [0.2, 0.25) is 0 Å². The van der Waals surface area contributed by atoms with Gasteiger partial charge in [-0.15, -0.1) is 0 Å². The molecule has 1 saturated heterocycles. The zero-order valence-electron chi connectivity index (χ0n) is 10.3. The van der Waals surface area contributed by atoms with Crippen molar-refractivity contribution in [3.63, 3.8) is 0 Å². The van der Waals surface area contributed by atoms with Crippen LogP contribution < -0.4 is 0 Å². The maximum atomic E-state index is 11.8. The minimum atomic E-state index is -2.94. The number of hydrogen-bond donors (Lipinski definition) is 0. The fraction of sp³-hybridized carbons (Fsp3) is 0.385. The van der Waals surface area contributed by atoms with Gasteiger partial charge in [-0.05, 0) is 25.0 Å². The molecule has 3 heterocycles. The predicted molar refractivity (Wildman–Crippen MR) is 71.1 cm³/mol. The van der Waals surface area contributed by atoms with Gasteiger partial charge in [-0.3, -0.25) is 4.79 Å². The highest BCUT2D eigenvalue weighted by atomic mass is 32.2. The number of rotatable bonds is 3. The molecular weight excluding hydrogens is 264 g/mol. The molecule has 0 saturated carbocycles. The van der Waals surface area contributed by atoms with Crippen LogP contribution in [0.5, 0.6) is 0 Å². The Morgan fingerprint density at radius 2 is 2.21 bits per heavy atom. The highest BCUT2D eigenvalue weighted by molar-refractivity contribution is 7.92. The van der Waals surface area contributed by atoms with Crippen molar-refractivity contribution < 1.29 is 13.2 Å². The van der Waals surface area contributed by atoms with Crippen LogP contribution in [-0.4, -0.2) is 35.1 Å². The Morgan fingerprint density at radius 1 is 1.37 bits per heavy atom. The average molecular weight is 278 g/mol. The van der Waals surface area contributed by atoms with E-state index in [9.17, 15) is 13.2 Å². The van der Waals surface area contributed by atoms with Gasteiger partial charge in [0.25, 0.3) is 0 Å². The van der Waals surface area contributed by atoms with Crippen LogP contribution in [0.2, 0.25) is 0 Å². The van der Waals surface area contributed by atoms with E-state index in [2.05, 4.69) is 4.98 Å². The number of nitrogens with zero attached hydrogens (tertiary/aromatic N) is 2. The van der Waals surface area contributed by atoms with Crippen LogP contribution in [0.1, 0.15) is 28.9 Å². The molecule has 19 heavy (non-hydrogen) atoms. The van der Waals surface area contributed by atoms with E-state index in [4.69, 9.17) is 0 Å². The molecule has 0 amide bonds. The maximum Gasteiger partial charge on any atom is 0.153 e. The van der Waals surface area contributed by atoms with Gasteiger partial charge in [-0.2, -0.15) is 0 Å². The number of pyridine rings is 1. The van der Waals surface area contributed by atoms with Gasteiger partial charge in [0.15, 0.2) is 16.1 Å². The molecule has 1 unspecified atom stereocenters. The minimum Gasteiger partial charge on any atom is -0.306 e. The van der Waals surface area contributed by atoms with Crippen LogP contribution >= 0.6 is 0 Å². The Bertz CT molecular complexity index is 733. The molecule has 0 aliphatic carbocycles. The van der Waals surface area contributed by atoms with Gasteiger partial charge in [0.05, 0.1) is 16.7 Å². The van der Waals surface area contributed by atoms with Crippen molar-refractivity contribution in [1.29, 1.82) is 0 Å². The van der Waals surface area contributed by atoms with Crippen molar-refractivity contribution in [3.8, 4) is 0 Å². The molecule has 1 aliphatic rings. The first-order valence-electron chi connectivity index (χ1n) is 6.23. The molecule has 2 aromatic heterocycles. The standard InChI is InChI=1S/C13H14N2O3S/c16-9-10-3-4-13-14-11(8-15(13)7-10)6-12-2-1-5-19(12,17)18/h3-4,7-9,12H,1-2,5-6H2. The summed E-state index contributed by atoms with van der Waals surface area (Å²) in [6.07, 6.45) is 6.20. The summed E-state index contributed by atoms with van der Waals surface area (Å²) in [5, 5.41) is -0.303. The van der Waals surface area contributed by atoms with Crippen molar-refractivity contribution >= 4 is 21.8 Å². The number of sulfone groups is 1. The lowest BCUT2D eigenvalue weighted by Gasteiger charge is -2.05. The lowest BCUT2D eigenvalue weighted by atomic mass is 10.2. The van der Waals surface area contributed by atoms with Crippen LogP contribution in [-0.2, 0) is 16.3 Å². The summed E-state index contributed by atoms with van der Waals surface area (Å²) in [5.74, 6) is 0.292. The fourth-order valence-corrected chi connectivity index (χ4v) is 4.40. The zero-order chi connectivity index (χ0) is 13.5. The van der Waals surface area contributed by atoms with E-state index < -0.39 is 9.84 Å². The van der Waals surface area contributed by atoms with E-state index in [-0.39, 0.29) is 5.25 Å². The Balaban J connectivity index is 1.91. The second-order valence-electron chi connectivity index (χ2n) is 4.91. The monoisotopic (exact) mass is 278 g/mol. The maximum absolute atomic E-state index is 11.8. The molecule has 0 bridgehead atoms. The van der Waals surface area contributed by atoms with E-state index in [0.29, 0.717) is 17.7 Å². The summed E-state index contributed by atoms with van der Waals surface area (Å²) in [4.78, 5) is 15.1. The molecule has 1 atom stereocenters. The number of fused-ring (bicyclic) bond motifs is 1. The SMILES string of the molecule is O=Cc1ccc2nc(CC3CCCS3(=O)=O)cn2c1. The lowest BCUT2D eigenvalue weighted by Crippen LogP contribution is -2.18. The van der Waals surface area contributed by atoms with Crippen molar-refractivity contribution in [1.82, 2.24) is 9.38 Å². The molecule has 0 spiro atoms. The molecule has 0 radical (unpaired) electrons. The molecular formula is C13H14N2O3S. The van der Waals surface area contributed by atoms with Gasteiger partial charge in [0.1, 0.15) is 5.65 Å². The predicted octanol–water partition coefficient (Wildman–Crippen LogP) is 1.27. The Kier molecular flexibility index (Phi) is 2.89. The molecule has 5 nitrogen and oxygen atoms in total. The quantitative estimate of drug-likeness (QED) is 0.793. The lowest BCUT2D eigenvalue weighted by molar-refractivity contribution is 0.112. The topological polar surface area (TPSA) is 68.5 Å². The fourth-order valence-electron chi connectivity index (χ4n) is 2.55. The second kappa shape index (κ2) is 4.45. The van der Waals surface area contributed by atoms with Gasteiger partial charge >= 0.3 is 0 Å². The number of carbonyl (C=O) groups excluding carboxylic acids is 1. The van der Waals surface area contributed by atoms with Crippen molar-refractivity contribution in [2.24, 2.45) is 0 Å². The summed E-state index contributed by atoms with van der Waals surface area (Å²) in [6.45, 7) is 0. The third kappa shape index (κ3) is 2.28. The Morgan fingerprint density at radius 3 is 2.89 bits per heavy atom. The number of aromatic nitrogens is 2. The molecule has 100 valence electrons. The van der Waals surface area contributed by atoms with Crippen LogP contribution in [0.15, 0.2) is 24.5 Å². The van der Waals surface area contributed by atoms with Crippen LogP contribution in [0.25, 0.3) is 5.65 Å². The van der Waals surface area contributed by atoms with Crippen molar-refractivity contribution in [2.75, 3.05) is 5.75 Å². The van der Waals surface area contributed by atoms with Gasteiger partial charge in [0, 0.05) is 24.4 Å². The summed E-state index contributed by atoms with van der Waals surface area (Å²) in [5.41, 5.74) is 2.07. The largest absolute Gasteiger partial charge is 0.306 e. The molecule has 1 fully saturated rings. The number of carbonyl (C=O) groups is 1. The second-order valence-corrected chi connectivity index (χ2v) is 7.31. The summed E-state index contributed by atoms with van der Waals surface area (Å²) in [6, 6.07) is 3.46. The highest BCUT2D eigenvalue weighted by Gasteiger charge is 2.31. The van der Waals surface area contributed by atoms with Gasteiger partial charge in [-0.25, -0.2) is 13.4 Å². The van der Waals surface area contributed by atoms with Crippen molar-refractivity contribution in [2.45, 2.75) is 24.5 Å². The first-order valence-corrected chi connectivity index (χ1v) is 7.94. The van der Waals surface area contributed by atoms with Crippen LogP contribution in [0, 0.1) is 0 Å². The minimum absolute atomic E-state index is 0.292. The first-order chi connectivity index (χ1) is 9.08. The van der Waals surface area contributed by atoms with E-state index in [0.717, 1.165) is 30.5 Å². The first kappa shape index (κ1) is 12.3. The molecule has 0 N–H and O–H groups in total. The van der Waals surface area contributed by atoms with E-state index in [1.54, 1.807) is 28.9 Å². The number of imidazole rings is 1. The van der Waals surface area contributed by atoms with Gasteiger partial charge in [-0.1, -0.05) is 0 Å². The van der Waals surface area contributed by atoms with E-state index in [1.165, 1.54) is 0 Å². The van der Waals surface area contributed by atoms with E-state index in [1.807, 2.05) is 0 Å². The molecule has 1 aliphatic heterocycles. The summed E-state index contributed by atoms with van der Waals surface area (Å²) >= 11 is 0. The molecule has 0 aromatic carbocycles. The van der Waals surface area contributed by atoms with Gasteiger partial charge < -0.3 is 4.40 Å². The van der Waals surface area contributed by atoms with Crippen LogP contribution in [0.3, 0.4) is 0 Å². The smallest absolute Gasteiger partial charge is 0.153 e. The van der Waals surface area contributed by atoms with E-state index >= 15 is 0 Å². The van der Waals surface area contributed by atoms with Crippen LogP contribution in [0.4, 0.5) is 0 Å².